The molecule has 1 heterocycles. The molecule has 0 aromatic rings. The minimum absolute atomic E-state index is 0.224. The fraction of sp³-hybridized carbons (Fsp3) is 0.800. The molecule has 3 nitrogen and oxygen atoms in total. The Balaban J connectivity index is 2.23. The Labute approximate surface area is 111 Å². The monoisotopic (exact) mass is 252 g/mol. The molecule has 104 valence electrons. The molecule has 0 radical (unpaired) electrons. The van der Waals surface area contributed by atoms with Crippen LogP contribution < -0.4 is 10.6 Å². The maximum Gasteiger partial charge on any atom is 0.223 e. The second kappa shape index (κ2) is 9.15. The first kappa shape index (κ1) is 15.2. The van der Waals surface area contributed by atoms with Crippen LogP contribution in [-0.4, -0.2) is 25.5 Å². The molecule has 0 unspecified atom stereocenters. The molecular formula is C15H28N2O. The predicted octanol–water partition coefficient (Wildman–Crippen LogP) is 2.63. The van der Waals surface area contributed by atoms with Crippen molar-refractivity contribution in [2.75, 3.05) is 19.6 Å². The standard InChI is InChI=1S/C15H28N2O/c1-3-5-14(6-4-2)15(18)17-12-9-13-7-10-16-11-8-13/h7,14,16H,3-6,8-12H2,1-2H3,(H,17,18). The Morgan fingerprint density at radius 2 is 2.11 bits per heavy atom. The summed E-state index contributed by atoms with van der Waals surface area (Å²) in [5.74, 6) is 0.482. The van der Waals surface area contributed by atoms with Crippen LogP contribution in [0.2, 0.25) is 0 Å². The second-order valence-corrected chi connectivity index (χ2v) is 5.13. The molecule has 0 spiro atoms. The van der Waals surface area contributed by atoms with Crippen LogP contribution in [0.4, 0.5) is 0 Å². The van der Waals surface area contributed by atoms with Gasteiger partial charge in [-0.05, 0) is 32.2 Å². The van der Waals surface area contributed by atoms with E-state index in [4.69, 9.17) is 0 Å². The lowest BCUT2D eigenvalue weighted by atomic mass is 9.97. The Hall–Kier alpha value is -0.830. The molecule has 0 fully saturated rings. The number of nitrogens with one attached hydrogen (secondary N) is 2. The van der Waals surface area contributed by atoms with Crippen LogP contribution in [0.3, 0.4) is 0 Å². The van der Waals surface area contributed by atoms with E-state index < -0.39 is 0 Å². The SMILES string of the molecule is CCCC(CCC)C(=O)NCCC1=CCNCC1. The van der Waals surface area contributed by atoms with Crippen LogP contribution in [0.1, 0.15) is 52.4 Å². The molecule has 1 aliphatic heterocycles. The van der Waals surface area contributed by atoms with Crippen molar-refractivity contribution < 1.29 is 4.79 Å². The molecule has 2 N–H and O–H groups in total. The summed E-state index contributed by atoms with van der Waals surface area (Å²) in [7, 11) is 0. The highest BCUT2D eigenvalue weighted by Crippen LogP contribution is 2.14. The molecule has 1 amide bonds. The fourth-order valence-electron chi connectivity index (χ4n) is 2.49. The molecule has 0 atom stereocenters. The Morgan fingerprint density at radius 3 is 2.67 bits per heavy atom. The number of rotatable bonds is 8. The van der Waals surface area contributed by atoms with Crippen LogP contribution >= 0.6 is 0 Å². The number of amides is 1. The smallest absolute Gasteiger partial charge is 0.223 e. The Kier molecular flexibility index (Phi) is 7.74. The number of carbonyl (C=O) groups is 1. The zero-order chi connectivity index (χ0) is 13.2. The van der Waals surface area contributed by atoms with Crippen LogP contribution in [0.25, 0.3) is 0 Å². The summed E-state index contributed by atoms with van der Waals surface area (Å²) in [6.07, 6.45) is 8.62. The van der Waals surface area contributed by atoms with Crippen molar-refractivity contribution in [1.29, 1.82) is 0 Å². The summed E-state index contributed by atoms with van der Waals surface area (Å²) in [6, 6.07) is 0. The van der Waals surface area contributed by atoms with E-state index in [1.165, 1.54) is 5.57 Å². The lowest BCUT2D eigenvalue weighted by Crippen LogP contribution is -2.32. The molecule has 0 aliphatic carbocycles. The summed E-state index contributed by atoms with van der Waals surface area (Å²) in [5.41, 5.74) is 1.48. The maximum absolute atomic E-state index is 12.0. The van der Waals surface area contributed by atoms with Gasteiger partial charge < -0.3 is 10.6 Å². The van der Waals surface area contributed by atoms with Crippen molar-refractivity contribution in [3.05, 3.63) is 11.6 Å². The van der Waals surface area contributed by atoms with E-state index in [1.54, 1.807) is 0 Å². The van der Waals surface area contributed by atoms with E-state index >= 15 is 0 Å². The number of hydrogen-bond acceptors (Lipinski definition) is 2. The highest BCUT2D eigenvalue weighted by molar-refractivity contribution is 5.78. The van der Waals surface area contributed by atoms with Crippen molar-refractivity contribution >= 4 is 5.91 Å². The van der Waals surface area contributed by atoms with E-state index in [1.807, 2.05) is 0 Å². The summed E-state index contributed by atoms with van der Waals surface area (Å²) in [6.45, 7) is 7.16. The first-order chi connectivity index (χ1) is 8.77. The third-order valence-electron chi connectivity index (χ3n) is 3.55. The van der Waals surface area contributed by atoms with Gasteiger partial charge in [-0.15, -0.1) is 0 Å². The second-order valence-electron chi connectivity index (χ2n) is 5.13. The quantitative estimate of drug-likeness (QED) is 0.652. The van der Waals surface area contributed by atoms with E-state index in [0.717, 1.165) is 58.2 Å². The number of hydrogen-bond donors (Lipinski definition) is 2. The van der Waals surface area contributed by atoms with Crippen LogP contribution in [0.5, 0.6) is 0 Å². The van der Waals surface area contributed by atoms with Gasteiger partial charge in [-0.2, -0.15) is 0 Å². The average Bonchev–Trinajstić information content (AvgIpc) is 2.39. The minimum Gasteiger partial charge on any atom is -0.356 e. The molecule has 0 aromatic carbocycles. The molecule has 0 saturated carbocycles. The molecule has 1 rings (SSSR count). The molecule has 18 heavy (non-hydrogen) atoms. The minimum atomic E-state index is 0.224. The highest BCUT2D eigenvalue weighted by atomic mass is 16.1. The lowest BCUT2D eigenvalue weighted by Gasteiger charge is -2.17. The molecule has 0 aromatic heterocycles. The molecule has 3 heteroatoms. The first-order valence-electron chi connectivity index (χ1n) is 7.44. The van der Waals surface area contributed by atoms with Gasteiger partial charge in [0, 0.05) is 19.0 Å². The number of carbonyl (C=O) groups excluding carboxylic acids is 1. The van der Waals surface area contributed by atoms with Gasteiger partial charge in [-0.1, -0.05) is 38.3 Å². The van der Waals surface area contributed by atoms with Crippen LogP contribution in [0.15, 0.2) is 11.6 Å². The highest BCUT2D eigenvalue weighted by Gasteiger charge is 2.15. The van der Waals surface area contributed by atoms with E-state index in [-0.39, 0.29) is 11.8 Å². The van der Waals surface area contributed by atoms with Crippen molar-refractivity contribution in [3.8, 4) is 0 Å². The fourth-order valence-corrected chi connectivity index (χ4v) is 2.49. The summed E-state index contributed by atoms with van der Waals surface area (Å²) in [4.78, 5) is 12.0. The van der Waals surface area contributed by atoms with Gasteiger partial charge >= 0.3 is 0 Å². The molecule has 0 bridgehead atoms. The average molecular weight is 252 g/mol. The topological polar surface area (TPSA) is 41.1 Å². The third kappa shape index (κ3) is 5.67. The molecule has 0 saturated heterocycles. The third-order valence-corrected chi connectivity index (χ3v) is 3.55. The van der Waals surface area contributed by atoms with Gasteiger partial charge in [0.2, 0.25) is 5.91 Å². The molecule has 1 aliphatic rings. The van der Waals surface area contributed by atoms with Gasteiger partial charge in [-0.25, -0.2) is 0 Å². The van der Waals surface area contributed by atoms with Crippen molar-refractivity contribution in [2.45, 2.75) is 52.4 Å². The van der Waals surface area contributed by atoms with Crippen molar-refractivity contribution in [2.24, 2.45) is 5.92 Å². The normalized spacial score (nSPS) is 15.6. The van der Waals surface area contributed by atoms with Crippen LogP contribution in [-0.2, 0) is 4.79 Å². The van der Waals surface area contributed by atoms with Crippen molar-refractivity contribution in [1.82, 2.24) is 10.6 Å². The summed E-state index contributed by atoms with van der Waals surface area (Å²) in [5, 5.41) is 6.40. The van der Waals surface area contributed by atoms with Gasteiger partial charge in [-0.3, -0.25) is 4.79 Å². The van der Waals surface area contributed by atoms with E-state index in [2.05, 4.69) is 30.6 Å². The van der Waals surface area contributed by atoms with Gasteiger partial charge in [0.05, 0.1) is 0 Å². The molecular weight excluding hydrogens is 224 g/mol. The largest absolute Gasteiger partial charge is 0.356 e. The Morgan fingerprint density at radius 1 is 1.39 bits per heavy atom. The zero-order valence-electron chi connectivity index (χ0n) is 11.9. The van der Waals surface area contributed by atoms with Gasteiger partial charge in [0.25, 0.3) is 0 Å². The van der Waals surface area contributed by atoms with Gasteiger partial charge in [0.1, 0.15) is 0 Å². The summed E-state index contributed by atoms with van der Waals surface area (Å²) >= 11 is 0. The van der Waals surface area contributed by atoms with E-state index in [9.17, 15) is 4.79 Å². The predicted molar refractivity (Wildman–Crippen MR) is 76.5 cm³/mol. The lowest BCUT2D eigenvalue weighted by molar-refractivity contribution is -0.125. The van der Waals surface area contributed by atoms with Crippen molar-refractivity contribution in [3.63, 3.8) is 0 Å². The summed E-state index contributed by atoms with van der Waals surface area (Å²) < 4.78 is 0. The van der Waals surface area contributed by atoms with Gasteiger partial charge in [0.15, 0.2) is 0 Å². The Bertz CT molecular complexity index is 268. The zero-order valence-corrected chi connectivity index (χ0v) is 11.9. The van der Waals surface area contributed by atoms with Crippen LogP contribution in [0, 0.1) is 5.92 Å². The maximum atomic E-state index is 12.0. The first-order valence-corrected chi connectivity index (χ1v) is 7.44. The van der Waals surface area contributed by atoms with E-state index in [0.29, 0.717) is 0 Å².